The van der Waals surface area contributed by atoms with Crippen LogP contribution in [0, 0.1) is 17.8 Å². The average molecular weight is 601 g/mol. The zero-order valence-corrected chi connectivity index (χ0v) is 26.4. The van der Waals surface area contributed by atoms with Crippen LogP contribution in [0.5, 0.6) is 5.75 Å². The van der Waals surface area contributed by atoms with Crippen LogP contribution in [-0.4, -0.2) is 46.2 Å². The maximum Gasteiger partial charge on any atom is 0.263 e. The summed E-state index contributed by atoms with van der Waals surface area (Å²) < 4.78 is 21.8. The summed E-state index contributed by atoms with van der Waals surface area (Å²) in [4.78, 5) is 28.8. The van der Waals surface area contributed by atoms with E-state index in [0.717, 1.165) is 50.8 Å². The van der Waals surface area contributed by atoms with Gasteiger partial charge < -0.3 is 9.64 Å². The zero-order valence-electron chi connectivity index (χ0n) is 24.9. The minimum Gasteiger partial charge on any atom is -0.492 e. The lowest BCUT2D eigenvalue weighted by Crippen LogP contribution is -2.42. The summed E-state index contributed by atoms with van der Waals surface area (Å²) in [5.74, 6) is 0.797. The molecule has 2 bridgehead atoms. The fourth-order valence-electron chi connectivity index (χ4n) is 5.96. The molecule has 3 aliphatic rings. The first-order valence-electron chi connectivity index (χ1n) is 15.2. The van der Waals surface area contributed by atoms with Gasteiger partial charge in [0.05, 0.1) is 22.9 Å². The molecule has 0 spiro atoms. The van der Waals surface area contributed by atoms with Gasteiger partial charge in [0.1, 0.15) is 16.7 Å². The molecule has 0 radical (unpaired) electrons. The number of alkyl halides is 1. The van der Waals surface area contributed by atoms with Crippen molar-refractivity contribution >= 4 is 40.0 Å². The third-order valence-electron chi connectivity index (χ3n) is 8.83. The quantitative estimate of drug-likeness (QED) is 0.344. The van der Waals surface area contributed by atoms with E-state index >= 15 is 0 Å². The van der Waals surface area contributed by atoms with Crippen LogP contribution in [0.4, 0.5) is 5.69 Å². The molecule has 0 saturated heterocycles. The highest BCUT2D eigenvalue weighted by atomic mass is 35.5. The summed E-state index contributed by atoms with van der Waals surface area (Å²) in [5.41, 5.74) is 4.02. The molecule has 6 unspecified atom stereocenters. The van der Waals surface area contributed by atoms with Crippen LogP contribution in [-0.2, 0) is 15.8 Å². The molecule has 41 heavy (non-hydrogen) atoms. The number of hydrogen-bond acceptors (Lipinski definition) is 5. The fraction of sp³-hybridized carbons (Fsp3) is 0.576. The Balaban J connectivity index is 1.71. The molecule has 1 amide bonds. The van der Waals surface area contributed by atoms with Gasteiger partial charge in [-0.3, -0.25) is 14.3 Å². The predicted molar refractivity (Wildman–Crippen MR) is 169 cm³/mol. The van der Waals surface area contributed by atoms with Crippen molar-refractivity contribution in [2.75, 3.05) is 24.6 Å². The monoisotopic (exact) mass is 600 g/mol. The normalized spacial score (nSPS) is 29.9. The summed E-state index contributed by atoms with van der Waals surface area (Å²) in [6.45, 7) is 9.93. The van der Waals surface area contributed by atoms with E-state index in [2.05, 4.69) is 28.7 Å². The first kappa shape index (κ1) is 31.6. The standard InChI is InChI=1S/C33H45ClN2O4S/c1-5-8-25-19-28(34)14-11-24(25)17-18-36-21-27-12-15-29(27)31(37)10-7-9-22(3)23(4)41(39)35-33(38)26-13-16-32(40-6-2)30(36)20-26/h7,10-11,13-14,16,20,22-23,27-29H,5-6,8-9,12,15,17-19,21H2,1-4H3,(H,35,38)/b10-7+. The number of anilines is 1. The van der Waals surface area contributed by atoms with E-state index in [9.17, 15) is 13.8 Å². The van der Waals surface area contributed by atoms with Gasteiger partial charge in [0, 0.05) is 24.6 Å². The Morgan fingerprint density at radius 3 is 2.63 bits per heavy atom. The number of halogens is 1. The molecule has 4 rings (SSSR count). The van der Waals surface area contributed by atoms with E-state index in [-0.39, 0.29) is 40.1 Å². The second kappa shape index (κ2) is 14.7. The number of rotatable bonds is 7. The van der Waals surface area contributed by atoms with Gasteiger partial charge in [0.15, 0.2) is 5.78 Å². The minimum absolute atomic E-state index is 0.00741. The number of allylic oxidation sites excluding steroid dienone is 5. The van der Waals surface area contributed by atoms with E-state index in [4.69, 9.17) is 16.3 Å². The molecule has 1 saturated carbocycles. The van der Waals surface area contributed by atoms with Crippen LogP contribution in [0.1, 0.15) is 83.0 Å². The predicted octanol–water partition coefficient (Wildman–Crippen LogP) is 6.92. The molecule has 1 aromatic carbocycles. The van der Waals surface area contributed by atoms with Gasteiger partial charge in [-0.1, -0.05) is 44.1 Å². The number of ketones is 1. The third kappa shape index (κ3) is 7.92. The Hall–Kier alpha value is -2.38. The van der Waals surface area contributed by atoms with Crippen molar-refractivity contribution in [1.82, 2.24) is 4.72 Å². The lowest BCUT2D eigenvalue weighted by molar-refractivity contribution is -0.122. The molecule has 8 heteroatoms. The van der Waals surface area contributed by atoms with E-state index in [1.54, 1.807) is 12.1 Å². The zero-order chi connectivity index (χ0) is 29.5. The molecule has 224 valence electrons. The van der Waals surface area contributed by atoms with E-state index in [0.29, 0.717) is 30.9 Å². The Labute approximate surface area is 253 Å². The summed E-state index contributed by atoms with van der Waals surface area (Å²) in [6.07, 6.45) is 14.2. The molecule has 1 fully saturated rings. The van der Waals surface area contributed by atoms with Crippen molar-refractivity contribution in [3.8, 4) is 5.75 Å². The highest BCUT2D eigenvalue weighted by Gasteiger charge is 2.37. The molecular weight excluding hydrogens is 556 g/mol. The van der Waals surface area contributed by atoms with Crippen molar-refractivity contribution in [2.45, 2.75) is 83.3 Å². The fourth-order valence-corrected chi connectivity index (χ4v) is 7.24. The molecule has 1 heterocycles. The van der Waals surface area contributed by atoms with Gasteiger partial charge in [0.2, 0.25) is 0 Å². The number of carbonyl (C=O) groups excluding carboxylic acids is 2. The molecule has 1 aliphatic heterocycles. The van der Waals surface area contributed by atoms with E-state index in [1.165, 1.54) is 11.1 Å². The van der Waals surface area contributed by atoms with Crippen molar-refractivity contribution in [3.05, 3.63) is 59.2 Å². The van der Waals surface area contributed by atoms with Crippen LogP contribution >= 0.6 is 11.6 Å². The number of fused-ring (bicyclic) bond motifs is 3. The Bertz CT molecular complexity index is 1230. The number of carbonyl (C=O) groups is 2. The number of ether oxygens (including phenoxy) is 1. The lowest BCUT2D eigenvalue weighted by atomic mass is 9.71. The van der Waals surface area contributed by atoms with Crippen LogP contribution in [0.25, 0.3) is 0 Å². The highest BCUT2D eigenvalue weighted by Crippen LogP contribution is 2.39. The van der Waals surface area contributed by atoms with Gasteiger partial charge in [-0.2, -0.15) is 0 Å². The Kier molecular flexibility index (Phi) is 11.3. The smallest absolute Gasteiger partial charge is 0.263 e. The van der Waals surface area contributed by atoms with Gasteiger partial charge in [-0.15, -0.1) is 11.6 Å². The number of hydrogen-bond donors (Lipinski definition) is 1. The van der Waals surface area contributed by atoms with Crippen LogP contribution in [0.15, 0.2) is 53.6 Å². The van der Waals surface area contributed by atoms with E-state index < -0.39 is 11.0 Å². The summed E-state index contributed by atoms with van der Waals surface area (Å²) in [7, 11) is -1.56. The van der Waals surface area contributed by atoms with Gasteiger partial charge in [0.25, 0.3) is 5.91 Å². The second-order valence-corrected chi connectivity index (χ2v) is 13.8. The first-order chi connectivity index (χ1) is 19.7. The topological polar surface area (TPSA) is 75.7 Å². The van der Waals surface area contributed by atoms with Gasteiger partial charge >= 0.3 is 0 Å². The number of amides is 1. The van der Waals surface area contributed by atoms with Crippen molar-refractivity contribution < 1.29 is 18.5 Å². The summed E-state index contributed by atoms with van der Waals surface area (Å²) in [5, 5.41) is -0.225. The first-order valence-corrected chi connectivity index (χ1v) is 16.8. The largest absolute Gasteiger partial charge is 0.492 e. The second-order valence-electron chi connectivity index (χ2n) is 11.7. The molecule has 0 aromatic heterocycles. The minimum atomic E-state index is -1.56. The third-order valence-corrected chi connectivity index (χ3v) is 10.7. The molecule has 1 N–H and O–H groups in total. The number of benzene rings is 1. The van der Waals surface area contributed by atoms with E-state index in [1.807, 2.05) is 39.0 Å². The maximum absolute atomic E-state index is 13.3. The van der Waals surface area contributed by atoms with Crippen LogP contribution < -0.4 is 14.4 Å². The molecular formula is C33H45ClN2O4S. The van der Waals surface area contributed by atoms with Crippen molar-refractivity contribution in [3.63, 3.8) is 0 Å². The maximum atomic E-state index is 13.3. The number of nitrogens with one attached hydrogen (secondary N) is 1. The lowest BCUT2D eigenvalue weighted by Gasteiger charge is -2.40. The summed E-state index contributed by atoms with van der Waals surface area (Å²) in [6, 6.07) is 5.44. The molecule has 2 aliphatic carbocycles. The van der Waals surface area contributed by atoms with Crippen molar-refractivity contribution in [2.24, 2.45) is 17.8 Å². The molecule has 1 aromatic rings. The summed E-state index contributed by atoms with van der Waals surface area (Å²) >= 11 is 6.46. The van der Waals surface area contributed by atoms with Crippen LogP contribution in [0.3, 0.4) is 0 Å². The van der Waals surface area contributed by atoms with Gasteiger partial charge in [-0.05, 0) is 94.1 Å². The van der Waals surface area contributed by atoms with Gasteiger partial charge in [-0.25, -0.2) is 4.21 Å². The Morgan fingerprint density at radius 2 is 1.93 bits per heavy atom. The van der Waals surface area contributed by atoms with Crippen molar-refractivity contribution in [1.29, 1.82) is 0 Å². The highest BCUT2D eigenvalue weighted by molar-refractivity contribution is 7.84. The average Bonchev–Trinajstić information content (AvgIpc) is 2.93. The molecule has 6 atom stereocenters. The van der Waals surface area contributed by atoms with Crippen LogP contribution in [0.2, 0.25) is 0 Å². The molecule has 6 nitrogen and oxygen atoms in total. The SMILES string of the molecule is CCCC1=C(CCN2CC3CCC3C(=O)/C=C/CC(C)C(C)S(=O)NC(=O)c3ccc(OCC)c2c3)C=CC(Cl)C1. The Morgan fingerprint density at radius 1 is 1.12 bits per heavy atom. The number of nitrogens with zero attached hydrogens (tertiary/aromatic N) is 1.